The molecule has 0 atom stereocenters. The number of pyridine rings is 1. The Kier molecular flexibility index (Phi) is 4.46. The molecule has 4 aromatic rings. The Hall–Kier alpha value is -2.31. The van der Waals surface area contributed by atoms with Gasteiger partial charge in [0.1, 0.15) is 5.15 Å². The lowest BCUT2D eigenvalue weighted by atomic mass is 10.1. The van der Waals surface area contributed by atoms with Gasteiger partial charge in [-0.2, -0.15) is 4.80 Å². The number of hydrogen-bond donors (Lipinski definition) is 0. The first-order valence-electron chi connectivity index (χ1n) is 7.73. The van der Waals surface area contributed by atoms with Gasteiger partial charge in [0.05, 0.1) is 12.1 Å². The predicted octanol–water partition coefficient (Wildman–Crippen LogP) is 4.28. The van der Waals surface area contributed by atoms with Gasteiger partial charge in [-0.05, 0) is 35.0 Å². The molecule has 4 rings (SSSR count). The number of fused-ring (bicyclic) bond motifs is 1. The first-order valence-corrected chi connectivity index (χ1v) is 8.90. The van der Waals surface area contributed by atoms with E-state index in [9.17, 15) is 0 Å². The number of rotatable bonds is 4. The van der Waals surface area contributed by atoms with Crippen LogP contribution in [0.1, 0.15) is 17.0 Å². The standard InChI is InChI=1S/C18H13BrClN5/c19-15-6-7-16-13(10-15)9-14(18(20)21-16)11-25-23-17(22-24-25)8-12-4-2-1-3-5-12/h1-7,9-10H,8,11H2. The lowest BCUT2D eigenvalue weighted by molar-refractivity contribution is 0.570. The highest BCUT2D eigenvalue weighted by atomic mass is 79.9. The maximum atomic E-state index is 6.32. The normalized spacial score (nSPS) is 11.1. The van der Waals surface area contributed by atoms with Gasteiger partial charge in [-0.3, -0.25) is 0 Å². The van der Waals surface area contributed by atoms with E-state index in [0.717, 1.165) is 26.5 Å². The predicted molar refractivity (Wildman–Crippen MR) is 101 cm³/mol. The number of aromatic nitrogens is 5. The average molecular weight is 415 g/mol. The Balaban J connectivity index is 1.58. The fraction of sp³-hybridized carbons (Fsp3) is 0.111. The summed E-state index contributed by atoms with van der Waals surface area (Å²) in [5, 5.41) is 14.2. The molecule has 0 fully saturated rings. The number of tetrazole rings is 1. The lowest BCUT2D eigenvalue weighted by Crippen LogP contribution is -2.06. The van der Waals surface area contributed by atoms with E-state index >= 15 is 0 Å². The highest BCUT2D eigenvalue weighted by Crippen LogP contribution is 2.24. The van der Waals surface area contributed by atoms with Crippen LogP contribution in [0.5, 0.6) is 0 Å². The summed E-state index contributed by atoms with van der Waals surface area (Å²) >= 11 is 9.79. The van der Waals surface area contributed by atoms with Crippen molar-refractivity contribution in [2.45, 2.75) is 13.0 Å². The summed E-state index contributed by atoms with van der Waals surface area (Å²) in [7, 11) is 0. The van der Waals surface area contributed by atoms with Crippen LogP contribution < -0.4 is 0 Å². The summed E-state index contributed by atoms with van der Waals surface area (Å²) in [4.78, 5) is 5.99. The van der Waals surface area contributed by atoms with Crippen molar-refractivity contribution in [1.82, 2.24) is 25.2 Å². The number of halogens is 2. The van der Waals surface area contributed by atoms with Crippen LogP contribution in [0.15, 0.2) is 59.1 Å². The van der Waals surface area contributed by atoms with Gasteiger partial charge >= 0.3 is 0 Å². The van der Waals surface area contributed by atoms with Crippen molar-refractivity contribution in [3.63, 3.8) is 0 Å². The summed E-state index contributed by atoms with van der Waals surface area (Å²) in [6, 6.07) is 18.0. The molecule has 5 nitrogen and oxygen atoms in total. The summed E-state index contributed by atoms with van der Waals surface area (Å²) < 4.78 is 0.999. The first kappa shape index (κ1) is 16.2. The van der Waals surface area contributed by atoms with Crippen LogP contribution in [0.25, 0.3) is 10.9 Å². The van der Waals surface area contributed by atoms with Crippen LogP contribution in [0, 0.1) is 0 Å². The zero-order chi connectivity index (χ0) is 17.2. The topological polar surface area (TPSA) is 56.5 Å². The number of hydrogen-bond acceptors (Lipinski definition) is 4. The largest absolute Gasteiger partial charge is 0.236 e. The Morgan fingerprint density at radius 3 is 2.72 bits per heavy atom. The SMILES string of the molecule is Clc1nc2ccc(Br)cc2cc1Cn1nnc(Cc2ccccc2)n1. The third-order valence-corrected chi connectivity index (χ3v) is 4.63. The van der Waals surface area contributed by atoms with Crippen LogP contribution in [0.2, 0.25) is 5.15 Å². The highest BCUT2D eigenvalue weighted by molar-refractivity contribution is 9.10. The van der Waals surface area contributed by atoms with Crippen LogP contribution in [0.4, 0.5) is 0 Å². The molecular formula is C18H13BrClN5. The second-order valence-corrected chi connectivity index (χ2v) is 6.95. The minimum Gasteiger partial charge on any atom is -0.236 e. The van der Waals surface area contributed by atoms with Crippen LogP contribution in [-0.2, 0) is 13.0 Å². The Bertz CT molecular complexity index is 1030. The molecule has 2 aromatic heterocycles. The summed E-state index contributed by atoms with van der Waals surface area (Å²) in [6.45, 7) is 0.427. The Labute approximate surface area is 157 Å². The van der Waals surface area contributed by atoms with Gasteiger partial charge in [-0.15, -0.1) is 10.2 Å². The van der Waals surface area contributed by atoms with Gasteiger partial charge in [0, 0.05) is 21.8 Å². The van der Waals surface area contributed by atoms with Gasteiger partial charge in [0.15, 0.2) is 5.82 Å². The molecule has 2 aromatic carbocycles. The summed E-state index contributed by atoms with van der Waals surface area (Å²) in [5.74, 6) is 0.679. The summed E-state index contributed by atoms with van der Waals surface area (Å²) in [5.41, 5.74) is 2.86. The molecule has 124 valence electrons. The third-order valence-electron chi connectivity index (χ3n) is 3.81. The van der Waals surface area contributed by atoms with E-state index in [1.165, 1.54) is 0 Å². The molecule has 0 aliphatic heterocycles. The summed E-state index contributed by atoms with van der Waals surface area (Å²) in [6.07, 6.45) is 0.650. The van der Waals surface area contributed by atoms with Crippen LogP contribution >= 0.6 is 27.5 Å². The minimum atomic E-state index is 0.427. The fourth-order valence-electron chi connectivity index (χ4n) is 2.62. The first-order chi connectivity index (χ1) is 12.2. The van der Waals surface area contributed by atoms with Crippen molar-refractivity contribution >= 4 is 38.4 Å². The Morgan fingerprint density at radius 2 is 1.88 bits per heavy atom. The molecule has 0 saturated carbocycles. The molecule has 0 aliphatic rings. The van der Waals surface area contributed by atoms with Crippen molar-refractivity contribution in [2.24, 2.45) is 0 Å². The smallest absolute Gasteiger partial charge is 0.179 e. The molecule has 0 radical (unpaired) electrons. The third kappa shape index (κ3) is 3.70. The van der Waals surface area contributed by atoms with Gasteiger partial charge in [-0.25, -0.2) is 4.98 Å². The highest BCUT2D eigenvalue weighted by Gasteiger charge is 2.09. The Morgan fingerprint density at radius 1 is 1.04 bits per heavy atom. The minimum absolute atomic E-state index is 0.427. The molecule has 0 saturated heterocycles. The van der Waals surface area contributed by atoms with Crippen molar-refractivity contribution in [3.8, 4) is 0 Å². The van der Waals surface area contributed by atoms with Crippen molar-refractivity contribution < 1.29 is 0 Å². The second kappa shape index (κ2) is 6.90. The molecule has 0 bridgehead atoms. The lowest BCUT2D eigenvalue weighted by Gasteiger charge is -2.05. The fourth-order valence-corrected chi connectivity index (χ4v) is 3.21. The maximum absolute atomic E-state index is 6.32. The zero-order valence-corrected chi connectivity index (χ0v) is 15.4. The van der Waals surface area contributed by atoms with Gasteiger partial charge in [-0.1, -0.05) is 57.9 Å². The molecule has 0 N–H and O–H groups in total. The molecule has 25 heavy (non-hydrogen) atoms. The van der Waals surface area contributed by atoms with E-state index in [1.54, 1.807) is 4.80 Å². The quantitative estimate of drug-likeness (QED) is 0.468. The van der Waals surface area contributed by atoms with Crippen molar-refractivity contribution in [2.75, 3.05) is 0 Å². The zero-order valence-electron chi connectivity index (χ0n) is 13.1. The van der Waals surface area contributed by atoms with E-state index < -0.39 is 0 Å². The van der Waals surface area contributed by atoms with Gasteiger partial charge < -0.3 is 0 Å². The van der Waals surface area contributed by atoms with E-state index in [0.29, 0.717) is 23.9 Å². The second-order valence-electron chi connectivity index (χ2n) is 5.67. The van der Waals surface area contributed by atoms with E-state index in [1.807, 2.05) is 54.6 Å². The van der Waals surface area contributed by atoms with E-state index in [4.69, 9.17) is 11.6 Å². The molecule has 0 spiro atoms. The molecular weight excluding hydrogens is 402 g/mol. The van der Waals surface area contributed by atoms with E-state index in [2.05, 4.69) is 36.3 Å². The number of benzene rings is 2. The number of nitrogens with zero attached hydrogens (tertiary/aromatic N) is 5. The van der Waals surface area contributed by atoms with Crippen LogP contribution in [-0.4, -0.2) is 25.2 Å². The monoisotopic (exact) mass is 413 g/mol. The maximum Gasteiger partial charge on any atom is 0.179 e. The molecule has 7 heteroatoms. The average Bonchev–Trinajstić information content (AvgIpc) is 3.04. The molecule has 0 amide bonds. The van der Waals surface area contributed by atoms with Crippen LogP contribution in [0.3, 0.4) is 0 Å². The van der Waals surface area contributed by atoms with Gasteiger partial charge in [0.25, 0.3) is 0 Å². The molecule has 0 unspecified atom stereocenters. The van der Waals surface area contributed by atoms with Gasteiger partial charge in [0.2, 0.25) is 0 Å². The van der Waals surface area contributed by atoms with Crippen molar-refractivity contribution in [3.05, 3.63) is 81.2 Å². The van der Waals surface area contributed by atoms with E-state index in [-0.39, 0.29) is 0 Å². The molecule has 2 heterocycles. The van der Waals surface area contributed by atoms with Crippen molar-refractivity contribution in [1.29, 1.82) is 0 Å². The molecule has 0 aliphatic carbocycles.